The van der Waals surface area contributed by atoms with Crippen LogP contribution in [0.4, 0.5) is 10.5 Å². The quantitative estimate of drug-likeness (QED) is 0.839. The van der Waals surface area contributed by atoms with Gasteiger partial charge < -0.3 is 15.3 Å². The third-order valence-corrected chi connectivity index (χ3v) is 3.07. The van der Waals surface area contributed by atoms with Gasteiger partial charge >= 0.3 is 12.0 Å². The van der Waals surface area contributed by atoms with Crippen LogP contribution in [0.25, 0.3) is 0 Å². The molecule has 0 heterocycles. The maximum Gasteiger partial charge on any atom is 0.321 e. The Morgan fingerprint density at radius 1 is 1.35 bits per heavy atom. The zero-order valence-corrected chi connectivity index (χ0v) is 12.2. The number of aliphatic carboxylic acids is 1. The van der Waals surface area contributed by atoms with E-state index in [1.165, 1.54) is 4.90 Å². The summed E-state index contributed by atoms with van der Waals surface area (Å²) < 4.78 is 0. The molecule has 0 aliphatic heterocycles. The number of hydrogen-bond acceptors (Lipinski definition) is 2. The van der Waals surface area contributed by atoms with E-state index in [9.17, 15) is 9.59 Å². The first kappa shape index (κ1) is 16.0. The highest BCUT2D eigenvalue weighted by atomic mass is 16.4. The van der Waals surface area contributed by atoms with Gasteiger partial charge in [0.05, 0.1) is 6.42 Å². The van der Waals surface area contributed by atoms with Gasteiger partial charge in [-0.05, 0) is 30.5 Å². The number of nitrogens with zero attached hydrogens (tertiary/aromatic N) is 1. The van der Waals surface area contributed by atoms with E-state index in [-0.39, 0.29) is 19.0 Å². The van der Waals surface area contributed by atoms with Gasteiger partial charge in [0.25, 0.3) is 0 Å². The van der Waals surface area contributed by atoms with E-state index in [0.717, 1.165) is 11.3 Å². The maximum absolute atomic E-state index is 12.1. The molecule has 20 heavy (non-hydrogen) atoms. The van der Waals surface area contributed by atoms with Crippen molar-refractivity contribution in [2.45, 2.75) is 33.1 Å². The lowest BCUT2D eigenvalue weighted by Crippen LogP contribution is -2.36. The van der Waals surface area contributed by atoms with Gasteiger partial charge in [0.15, 0.2) is 0 Å². The summed E-state index contributed by atoms with van der Waals surface area (Å²) in [6.45, 7) is 6.69. The fourth-order valence-corrected chi connectivity index (χ4v) is 1.81. The molecule has 110 valence electrons. The van der Waals surface area contributed by atoms with Gasteiger partial charge in [-0.1, -0.05) is 26.0 Å². The summed E-state index contributed by atoms with van der Waals surface area (Å²) in [5.74, 6) is -0.515. The van der Waals surface area contributed by atoms with Gasteiger partial charge in [0.2, 0.25) is 0 Å². The van der Waals surface area contributed by atoms with Crippen LogP contribution < -0.4 is 5.32 Å². The molecule has 0 unspecified atom stereocenters. The Balaban J connectivity index is 2.68. The van der Waals surface area contributed by atoms with Crippen LogP contribution in [0.3, 0.4) is 0 Å². The second kappa shape index (κ2) is 7.53. The summed E-state index contributed by atoms with van der Waals surface area (Å²) in [7, 11) is 0. The maximum atomic E-state index is 12.1. The number of carboxylic acids is 1. The minimum Gasteiger partial charge on any atom is -0.481 e. The van der Waals surface area contributed by atoms with E-state index in [1.54, 1.807) is 0 Å². The molecule has 0 radical (unpaired) electrons. The molecule has 0 atom stereocenters. The van der Waals surface area contributed by atoms with E-state index in [4.69, 9.17) is 5.11 Å². The Labute approximate surface area is 119 Å². The SMILES string of the molecule is CCN(CCC(=O)O)C(=O)Nc1cccc(C(C)C)c1. The highest BCUT2D eigenvalue weighted by Gasteiger charge is 2.13. The van der Waals surface area contributed by atoms with Crippen molar-refractivity contribution in [1.29, 1.82) is 0 Å². The molecule has 2 amide bonds. The van der Waals surface area contributed by atoms with Crippen LogP contribution >= 0.6 is 0 Å². The van der Waals surface area contributed by atoms with E-state index >= 15 is 0 Å². The Morgan fingerprint density at radius 2 is 2.05 bits per heavy atom. The van der Waals surface area contributed by atoms with Crippen molar-refractivity contribution in [3.63, 3.8) is 0 Å². The first-order chi connectivity index (χ1) is 9.43. The molecular formula is C15H22N2O3. The van der Waals surface area contributed by atoms with Crippen LogP contribution in [0.15, 0.2) is 24.3 Å². The third-order valence-electron chi connectivity index (χ3n) is 3.07. The zero-order valence-electron chi connectivity index (χ0n) is 12.2. The van der Waals surface area contributed by atoms with Crippen LogP contribution in [-0.4, -0.2) is 35.1 Å². The molecule has 1 rings (SSSR count). The second-order valence-corrected chi connectivity index (χ2v) is 4.93. The van der Waals surface area contributed by atoms with Gasteiger partial charge in [-0.15, -0.1) is 0 Å². The van der Waals surface area contributed by atoms with Gasteiger partial charge in [0, 0.05) is 18.8 Å². The molecule has 5 heteroatoms. The fourth-order valence-electron chi connectivity index (χ4n) is 1.81. The number of carbonyl (C=O) groups is 2. The number of carbonyl (C=O) groups excluding carboxylic acids is 1. The molecule has 0 saturated carbocycles. The number of nitrogens with one attached hydrogen (secondary N) is 1. The minimum absolute atomic E-state index is 0.0483. The lowest BCUT2D eigenvalue weighted by molar-refractivity contribution is -0.137. The molecular weight excluding hydrogens is 256 g/mol. The molecule has 0 aliphatic rings. The molecule has 0 aliphatic carbocycles. The van der Waals surface area contributed by atoms with Crippen molar-refractivity contribution in [2.24, 2.45) is 0 Å². The summed E-state index contributed by atoms with van der Waals surface area (Å²) >= 11 is 0. The van der Waals surface area contributed by atoms with Crippen molar-refractivity contribution in [3.05, 3.63) is 29.8 Å². The second-order valence-electron chi connectivity index (χ2n) is 4.93. The predicted molar refractivity (Wildman–Crippen MR) is 79.0 cm³/mol. The standard InChI is InChI=1S/C15H22N2O3/c1-4-17(9-8-14(18)19)15(20)16-13-7-5-6-12(10-13)11(2)3/h5-7,10-11H,4,8-9H2,1-3H3,(H,16,20)(H,18,19). The topological polar surface area (TPSA) is 69.6 Å². The first-order valence-electron chi connectivity index (χ1n) is 6.81. The molecule has 0 bridgehead atoms. The molecule has 1 aromatic rings. The number of benzene rings is 1. The number of anilines is 1. The number of carboxylic acid groups (broad SMARTS) is 1. The highest BCUT2D eigenvalue weighted by molar-refractivity contribution is 5.89. The lowest BCUT2D eigenvalue weighted by atomic mass is 10.0. The normalized spacial score (nSPS) is 10.4. The van der Waals surface area contributed by atoms with Crippen LogP contribution in [0.2, 0.25) is 0 Å². The Hall–Kier alpha value is -2.04. The molecule has 1 aromatic carbocycles. The summed E-state index contributed by atoms with van der Waals surface area (Å²) in [6.07, 6.45) is -0.0483. The molecule has 2 N–H and O–H groups in total. The largest absolute Gasteiger partial charge is 0.481 e. The van der Waals surface area contributed by atoms with E-state index in [1.807, 2.05) is 31.2 Å². The summed E-state index contributed by atoms with van der Waals surface area (Å²) in [6, 6.07) is 7.41. The van der Waals surface area contributed by atoms with Gasteiger partial charge in [-0.3, -0.25) is 4.79 Å². The average molecular weight is 278 g/mol. The Kier molecular flexibility index (Phi) is 6.03. The van der Waals surface area contributed by atoms with Crippen molar-refractivity contribution in [3.8, 4) is 0 Å². The molecule has 0 fully saturated rings. The molecule has 0 aromatic heterocycles. The number of rotatable bonds is 6. The summed E-state index contributed by atoms with van der Waals surface area (Å²) in [5.41, 5.74) is 1.88. The smallest absolute Gasteiger partial charge is 0.321 e. The van der Waals surface area contributed by atoms with Crippen LogP contribution in [0, 0.1) is 0 Å². The van der Waals surface area contributed by atoms with Crippen LogP contribution in [-0.2, 0) is 4.79 Å². The lowest BCUT2D eigenvalue weighted by Gasteiger charge is -2.21. The monoisotopic (exact) mass is 278 g/mol. The number of urea groups is 1. The first-order valence-corrected chi connectivity index (χ1v) is 6.81. The van der Waals surface area contributed by atoms with E-state index < -0.39 is 5.97 Å². The van der Waals surface area contributed by atoms with Gasteiger partial charge in [-0.25, -0.2) is 4.79 Å². The highest BCUT2D eigenvalue weighted by Crippen LogP contribution is 2.18. The summed E-state index contributed by atoms with van der Waals surface area (Å²) in [5, 5.41) is 11.5. The molecule has 0 spiro atoms. The predicted octanol–water partition coefficient (Wildman–Crippen LogP) is 3.14. The zero-order chi connectivity index (χ0) is 15.1. The van der Waals surface area contributed by atoms with Gasteiger partial charge in [0.1, 0.15) is 0 Å². The van der Waals surface area contributed by atoms with Crippen molar-refractivity contribution in [1.82, 2.24) is 4.90 Å². The van der Waals surface area contributed by atoms with Crippen molar-refractivity contribution in [2.75, 3.05) is 18.4 Å². The molecule has 5 nitrogen and oxygen atoms in total. The average Bonchev–Trinajstić information content (AvgIpc) is 2.39. The van der Waals surface area contributed by atoms with Crippen LogP contribution in [0.1, 0.15) is 38.7 Å². The van der Waals surface area contributed by atoms with Gasteiger partial charge in [-0.2, -0.15) is 0 Å². The number of amides is 2. The van der Waals surface area contributed by atoms with E-state index in [0.29, 0.717) is 12.5 Å². The van der Waals surface area contributed by atoms with Crippen molar-refractivity contribution < 1.29 is 14.7 Å². The summed E-state index contributed by atoms with van der Waals surface area (Å²) in [4.78, 5) is 24.1. The molecule has 0 saturated heterocycles. The third kappa shape index (κ3) is 4.91. The minimum atomic E-state index is -0.905. The van der Waals surface area contributed by atoms with E-state index in [2.05, 4.69) is 19.2 Å². The Bertz CT molecular complexity index is 472. The Morgan fingerprint density at radius 3 is 2.60 bits per heavy atom. The van der Waals surface area contributed by atoms with Crippen molar-refractivity contribution >= 4 is 17.7 Å². The van der Waals surface area contributed by atoms with Crippen LogP contribution in [0.5, 0.6) is 0 Å². The number of hydrogen-bond donors (Lipinski definition) is 2. The fraction of sp³-hybridized carbons (Fsp3) is 0.467.